The van der Waals surface area contributed by atoms with E-state index in [1.165, 1.54) is 4.90 Å². The van der Waals surface area contributed by atoms with Gasteiger partial charge in [-0.05, 0) is 48.1 Å². The highest BCUT2D eigenvalue weighted by molar-refractivity contribution is 7.80. The van der Waals surface area contributed by atoms with Crippen molar-refractivity contribution >= 4 is 35.0 Å². The van der Waals surface area contributed by atoms with Crippen LogP contribution in [-0.2, 0) is 4.79 Å². The van der Waals surface area contributed by atoms with Gasteiger partial charge in [0.25, 0.3) is 5.91 Å². The Balaban J connectivity index is 1.93. The minimum atomic E-state index is -0.167. The van der Waals surface area contributed by atoms with E-state index in [1.54, 1.807) is 37.3 Å². The Morgan fingerprint density at radius 1 is 1.15 bits per heavy atom. The van der Waals surface area contributed by atoms with Crippen LogP contribution in [0.3, 0.4) is 0 Å². The maximum absolute atomic E-state index is 13.0. The number of thiocarbonyl (C=S) groups is 1. The van der Waals surface area contributed by atoms with E-state index in [4.69, 9.17) is 21.7 Å². The van der Waals surface area contributed by atoms with E-state index >= 15 is 0 Å². The molecule has 27 heavy (non-hydrogen) atoms. The third kappa shape index (κ3) is 3.71. The Morgan fingerprint density at radius 2 is 1.89 bits per heavy atom. The van der Waals surface area contributed by atoms with Gasteiger partial charge in [0.1, 0.15) is 12.3 Å². The smallest absolute Gasteiger partial charge is 0.281 e. The van der Waals surface area contributed by atoms with E-state index < -0.39 is 0 Å². The number of rotatable bonds is 6. The summed E-state index contributed by atoms with van der Waals surface area (Å²) in [4.78, 5) is 16.2. The lowest BCUT2D eigenvalue weighted by Crippen LogP contribution is -2.30. The number of methoxy groups -OCH3 is 1. The highest BCUT2D eigenvalue weighted by Gasteiger charge is 2.36. The monoisotopic (exact) mass is 380 g/mol. The molecule has 1 amide bonds. The van der Waals surface area contributed by atoms with Crippen LogP contribution in [0.15, 0.2) is 66.9 Å². The molecule has 0 N–H and O–H groups in total. The number of nitrogens with zero attached hydrogens (tertiary/aromatic N) is 2. The first kappa shape index (κ1) is 18.7. The summed E-state index contributed by atoms with van der Waals surface area (Å²) in [7, 11) is 3.36. The SMILES string of the molecule is C=CCOc1ccc(/C=C2/C(=O)N(c3ccccc3)C(=S)N2C)cc1OC. The summed E-state index contributed by atoms with van der Waals surface area (Å²) in [6.07, 6.45) is 3.46. The van der Waals surface area contributed by atoms with Crippen molar-refractivity contribution in [1.82, 2.24) is 4.90 Å². The number of amides is 1. The van der Waals surface area contributed by atoms with E-state index in [2.05, 4.69) is 6.58 Å². The van der Waals surface area contributed by atoms with Gasteiger partial charge in [-0.15, -0.1) is 0 Å². The zero-order chi connectivity index (χ0) is 19.4. The molecule has 0 saturated carbocycles. The van der Waals surface area contributed by atoms with Gasteiger partial charge in [0, 0.05) is 7.05 Å². The predicted octanol–water partition coefficient (Wildman–Crippen LogP) is 3.86. The second-order valence-electron chi connectivity index (χ2n) is 5.86. The van der Waals surface area contributed by atoms with Gasteiger partial charge in [0.05, 0.1) is 12.8 Å². The van der Waals surface area contributed by atoms with E-state index in [0.29, 0.717) is 28.9 Å². The first-order valence-electron chi connectivity index (χ1n) is 8.37. The van der Waals surface area contributed by atoms with Crippen LogP contribution in [-0.4, -0.2) is 36.7 Å². The molecule has 0 aliphatic carbocycles. The van der Waals surface area contributed by atoms with Gasteiger partial charge in [-0.25, -0.2) is 0 Å². The van der Waals surface area contributed by atoms with Crippen LogP contribution >= 0.6 is 12.2 Å². The summed E-state index contributed by atoms with van der Waals surface area (Å²) < 4.78 is 11.0. The number of carbonyl (C=O) groups excluding carboxylic acids is 1. The Bertz CT molecular complexity index is 909. The van der Waals surface area contributed by atoms with Gasteiger partial charge in [-0.2, -0.15) is 0 Å². The molecule has 1 heterocycles. The number of hydrogen-bond donors (Lipinski definition) is 0. The van der Waals surface area contributed by atoms with Crippen LogP contribution < -0.4 is 14.4 Å². The number of benzene rings is 2. The highest BCUT2D eigenvalue weighted by atomic mass is 32.1. The summed E-state index contributed by atoms with van der Waals surface area (Å²) in [5, 5.41) is 0.440. The fourth-order valence-electron chi connectivity index (χ4n) is 2.76. The maximum atomic E-state index is 13.0. The number of likely N-dealkylation sites (N-methyl/N-ethyl adjacent to an activating group) is 1. The molecule has 6 heteroatoms. The van der Waals surface area contributed by atoms with Gasteiger partial charge in [0.15, 0.2) is 16.6 Å². The van der Waals surface area contributed by atoms with Crippen molar-refractivity contribution in [2.24, 2.45) is 0 Å². The summed E-state index contributed by atoms with van der Waals surface area (Å²) in [5.41, 5.74) is 2.05. The molecule has 3 rings (SSSR count). The number of carbonyl (C=O) groups is 1. The van der Waals surface area contributed by atoms with Crippen molar-refractivity contribution in [3.8, 4) is 11.5 Å². The average molecular weight is 380 g/mol. The van der Waals surface area contributed by atoms with Gasteiger partial charge in [-0.3, -0.25) is 9.69 Å². The van der Waals surface area contributed by atoms with Crippen molar-refractivity contribution in [2.75, 3.05) is 25.7 Å². The lowest BCUT2D eigenvalue weighted by atomic mass is 10.1. The van der Waals surface area contributed by atoms with Crippen LogP contribution in [0, 0.1) is 0 Å². The van der Waals surface area contributed by atoms with Gasteiger partial charge in [0.2, 0.25) is 0 Å². The van der Waals surface area contributed by atoms with Crippen molar-refractivity contribution in [3.05, 3.63) is 72.4 Å². The Kier molecular flexibility index (Phi) is 5.57. The van der Waals surface area contributed by atoms with E-state index in [0.717, 1.165) is 11.3 Å². The Labute approximate surface area is 164 Å². The molecule has 0 unspecified atom stereocenters. The van der Waals surface area contributed by atoms with Crippen molar-refractivity contribution in [3.63, 3.8) is 0 Å². The standard InChI is InChI=1S/C21H20N2O3S/c1-4-12-26-18-11-10-15(14-19(18)25-3)13-17-20(24)23(21(27)22(17)2)16-8-6-5-7-9-16/h4-11,13-14H,1,12H2,2-3H3/b17-13-. The lowest BCUT2D eigenvalue weighted by molar-refractivity contribution is -0.114. The molecule has 0 spiro atoms. The zero-order valence-corrected chi connectivity index (χ0v) is 16.0. The molecule has 1 fully saturated rings. The molecule has 5 nitrogen and oxygen atoms in total. The largest absolute Gasteiger partial charge is 0.493 e. The van der Waals surface area contributed by atoms with Gasteiger partial charge in [-0.1, -0.05) is 36.9 Å². The first-order chi connectivity index (χ1) is 13.1. The van der Waals surface area contributed by atoms with Crippen molar-refractivity contribution in [2.45, 2.75) is 0 Å². The van der Waals surface area contributed by atoms with Gasteiger partial charge >= 0.3 is 0 Å². The Hall–Kier alpha value is -3.12. The quantitative estimate of drug-likeness (QED) is 0.432. The van der Waals surface area contributed by atoms with Crippen molar-refractivity contribution < 1.29 is 14.3 Å². The molecular weight excluding hydrogens is 360 g/mol. The summed E-state index contributed by atoms with van der Waals surface area (Å²) in [5.74, 6) is 1.04. The predicted molar refractivity (Wildman–Crippen MR) is 111 cm³/mol. The van der Waals surface area contributed by atoms with E-state index in [-0.39, 0.29) is 5.91 Å². The highest BCUT2D eigenvalue weighted by Crippen LogP contribution is 2.31. The number of ether oxygens (including phenoxy) is 2. The molecule has 2 aromatic carbocycles. The van der Waals surface area contributed by atoms with Gasteiger partial charge < -0.3 is 14.4 Å². The molecule has 1 aliphatic heterocycles. The number of anilines is 1. The van der Waals surface area contributed by atoms with E-state index in [9.17, 15) is 4.79 Å². The fourth-order valence-corrected chi connectivity index (χ4v) is 3.05. The molecule has 0 atom stereocenters. The van der Waals surface area contributed by atoms with E-state index in [1.807, 2.05) is 42.5 Å². The summed E-state index contributed by atoms with van der Waals surface area (Å²) >= 11 is 5.47. The molecule has 0 bridgehead atoms. The molecule has 1 saturated heterocycles. The molecule has 0 aromatic heterocycles. The lowest BCUT2D eigenvalue weighted by Gasteiger charge is -2.16. The average Bonchev–Trinajstić information content (AvgIpc) is 2.90. The zero-order valence-electron chi connectivity index (χ0n) is 15.2. The van der Waals surface area contributed by atoms with Crippen LogP contribution in [0.4, 0.5) is 5.69 Å². The second kappa shape index (κ2) is 8.05. The molecule has 138 valence electrons. The van der Waals surface area contributed by atoms with Crippen LogP contribution in [0.1, 0.15) is 5.56 Å². The Morgan fingerprint density at radius 3 is 2.56 bits per heavy atom. The first-order valence-corrected chi connectivity index (χ1v) is 8.78. The fraction of sp³-hybridized carbons (Fsp3) is 0.143. The minimum absolute atomic E-state index is 0.167. The number of para-hydroxylation sites is 1. The summed E-state index contributed by atoms with van der Waals surface area (Å²) in [6, 6.07) is 14.9. The maximum Gasteiger partial charge on any atom is 0.281 e. The molecule has 0 radical (unpaired) electrons. The third-order valence-electron chi connectivity index (χ3n) is 4.12. The molecule has 1 aliphatic rings. The topological polar surface area (TPSA) is 42.0 Å². The van der Waals surface area contributed by atoms with Crippen LogP contribution in [0.2, 0.25) is 0 Å². The minimum Gasteiger partial charge on any atom is -0.493 e. The molecular formula is C21H20N2O3S. The normalized spacial score (nSPS) is 15.4. The number of hydrogen-bond acceptors (Lipinski definition) is 4. The molecule has 2 aromatic rings. The van der Waals surface area contributed by atoms with Crippen LogP contribution in [0.5, 0.6) is 11.5 Å². The van der Waals surface area contributed by atoms with Crippen molar-refractivity contribution in [1.29, 1.82) is 0 Å². The third-order valence-corrected chi connectivity index (χ3v) is 4.58. The summed E-state index contributed by atoms with van der Waals surface area (Å²) in [6.45, 7) is 4.03. The van der Waals surface area contributed by atoms with Crippen LogP contribution in [0.25, 0.3) is 6.08 Å². The second-order valence-corrected chi connectivity index (χ2v) is 6.22.